The summed E-state index contributed by atoms with van der Waals surface area (Å²) >= 11 is 0. The molecule has 96 valence electrons. The lowest BCUT2D eigenvalue weighted by Gasteiger charge is -2.38. The van der Waals surface area contributed by atoms with Crippen molar-refractivity contribution in [2.45, 2.75) is 19.0 Å². The van der Waals surface area contributed by atoms with Crippen molar-refractivity contribution in [1.29, 1.82) is 0 Å². The van der Waals surface area contributed by atoms with Gasteiger partial charge in [0.1, 0.15) is 0 Å². The molecule has 2 fully saturated rings. The molecule has 4 nitrogen and oxygen atoms in total. The number of rotatable bonds is 2. The third-order valence-electron chi connectivity index (χ3n) is 3.85. The van der Waals surface area contributed by atoms with Gasteiger partial charge < -0.3 is 10.2 Å². The second-order valence-electron chi connectivity index (χ2n) is 4.98. The minimum atomic E-state index is 0.200. The number of carbonyl (C=O) groups excluding carboxylic acids is 1. The summed E-state index contributed by atoms with van der Waals surface area (Å²) in [6.45, 7) is 4.13. The number of anilines is 1. The molecule has 4 heteroatoms. The summed E-state index contributed by atoms with van der Waals surface area (Å²) in [6.07, 6.45) is 1.92. The standard InChI is InChI=1S/C14H19N3O/c18-14-7-6-13(15-14)17-10-8-16(9-11-17)12-4-2-1-3-5-12/h1-5,13H,6-11H2,(H,15,18)/t13-/m1/s1. The second kappa shape index (κ2) is 4.98. The summed E-state index contributed by atoms with van der Waals surface area (Å²) in [5.74, 6) is 0.200. The first-order chi connectivity index (χ1) is 8.83. The molecule has 0 aromatic heterocycles. The molecule has 0 bridgehead atoms. The van der Waals surface area contributed by atoms with Crippen LogP contribution in [0, 0.1) is 0 Å². The molecule has 2 aliphatic heterocycles. The number of hydrogen-bond donors (Lipinski definition) is 1. The Morgan fingerprint density at radius 1 is 1.06 bits per heavy atom. The van der Waals surface area contributed by atoms with Crippen LogP contribution in [0.1, 0.15) is 12.8 Å². The van der Waals surface area contributed by atoms with Crippen molar-refractivity contribution in [3.8, 4) is 0 Å². The first kappa shape index (κ1) is 11.5. The first-order valence-electron chi connectivity index (χ1n) is 6.66. The number of nitrogens with one attached hydrogen (secondary N) is 1. The number of piperazine rings is 1. The summed E-state index contributed by atoms with van der Waals surface area (Å²) in [5, 5.41) is 3.05. The minimum absolute atomic E-state index is 0.200. The fourth-order valence-corrected chi connectivity index (χ4v) is 2.80. The average Bonchev–Trinajstić information content (AvgIpc) is 2.87. The average molecular weight is 245 g/mol. The Morgan fingerprint density at radius 2 is 1.78 bits per heavy atom. The summed E-state index contributed by atoms with van der Waals surface area (Å²) in [4.78, 5) is 16.0. The van der Waals surface area contributed by atoms with E-state index in [9.17, 15) is 4.79 Å². The highest BCUT2D eigenvalue weighted by molar-refractivity contribution is 5.78. The number of para-hydroxylation sites is 1. The molecule has 2 saturated heterocycles. The van der Waals surface area contributed by atoms with E-state index < -0.39 is 0 Å². The van der Waals surface area contributed by atoms with Gasteiger partial charge in [0.25, 0.3) is 0 Å². The Balaban J connectivity index is 1.57. The molecule has 1 N–H and O–H groups in total. The Kier molecular flexibility index (Phi) is 3.19. The van der Waals surface area contributed by atoms with Gasteiger partial charge in [0.05, 0.1) is 6.17 Å². The van der Waals surface area contributed by atoms with Gasteiger partial charge in [0.15, 0.2) is 0 Å². The molecule has 0 saturated carbocycles. The van der Waals surface area contributed by atoms with E-state index in [1.807, 2.05) is 6.07 Å². The molecule has 1 aromatic rings. The summed E-state index contributed by atoms with van der Waals surface area (Å²) in [6, 6.07) is 10.5. The highest BCUT2D eigenvalue weighted by Gasteiger charge is 2.29. The largest absolute Gasteiger partial charge is 0.369 e. The van der Waals surface area contributed by atoms with Crippen LogP contribution in [0.15, 0.2) is 30.3 Å². The third-order valence-corrected chi connectivity index (χ3v) is 3.85. The van der Waals surface area contributed by atoms with Gasteiger partial charge in [-0.25, -0.2) is 0 Å². The highest BCUT2D eigenvalue weighted by Crippen LogP contribution is 2.18. The van der Waals surface area contributed by atoms with Crippen LogP contribution < -0.4 is 10.2 Å². The van der Waals surface area contributed by atoms with E-state index in [4.69, 9.17) is 0 Å². The number of nitrogens with zero attached hydrogens (tertiary/aromatic N) is 2. The molecule has 2 heterocycles. The number of benzene rings is 1. The fraction of sp³-hybridized carbons (Fsp3) is 0.500. The van der Waals surface area contributed by atoms with Gasteiger partial charge in [0, 0.05) is 38.3 Å². The topological polar surface area (TPSA) is 35.6 Å². The minimum Gasteiger partial charge on any atom is -0.369 e. The van der Waals surface area contributed by atoms with Crippen LogP contribution in [-0.2, 0) is 4.79 Å². The molecule has 2 aliphatic rings. The number of hydrogen-bond acceptors (Lipinski definition) is 3. The Hall–Kier alpha value is -1.55. The van der Waals surface area contributed by atoms with Crippen molar-refractivity contribution in [2.75, 3.05) is 31.1 Å². The molecule has 1 aromatic carbocycles. The Labute approximate surface area is 108 Å². The summed E-state index contributed by atoms with van der Waals surface area (Å²) in [7, 11) is 0. The Morgan fingerprint density at radius 3 is 2.39 bits per heavy atom. The predicted molar refractivity (Wildman–Crippen MR) is 71.4 cm³/mol. The van der Waals surface area contributed by atoms with Crippen LogP contribution in [-0.4, -0.2) is 43.2 Å². The van der Waals surface area contributed by atoms with E-state index in [0.717, 1.165) is 32.6 Å². The Bertz CT molecular complexity index is 412. The summed E-state index contributed by atoms with van der Waals surface area (Å²) in [5.41, 5.74) is 1.30. The van der Waals surface area contributed by atoms with Gasteiger partial charge in [-0.05, 0) is 18.6 Å². The van der Waals surface area contributed by atoms with Gasteiger partial charge in [-0.15, -0.1) is 0 Å². The molecule has 18 heavy (non-hydrogen) atoms. The van der Waals surface area contributed by atoms with Gasteiger partial charge in [-0.1, -0.05) is 18.2 Å². The van der Waals surface area contributed by atoms with Crippen molar-refractivity contribution in [2.24, 2.45) is 0 Å². The van der Waals surface area contributed by atoms with Gasteiger partial charge in [0.2, 0.25) is 5.91 Å². The van der Waals surface area contributed by atoms with E-state index in [-0.39, 0.29) is 12.1 Å². The molecule has 1 atom stereocenters. The second-order valence-corrected chi connectivity index (χ2v) is 4.98. The van der Waals surface area contributed by atoms with Crippen LogP contribution in [0.3, 0.4) is 0 Å². The zero-order valence-corrected chi connectivity index (χ0v) is 10.5. The van der Waals surface area contributed by atoms with E-state index in [2.05, 4.69) is 39.4 Å². The number of amides is 1. The van der Waals surface area contributed by atoms with E-state index in [0.29, 0.717) is 6.42 Å². The normalized spacial score (nSPS) is 25.2. The van der Waals surface area contributed by atoms with Crippen molar-refractivity contribution in [1.82, 2.24) is 10.2 Å². The van der Waals surface area contributed by atoms with Crippen LogP contribution in [0.2, 0.25) is 0 Å². The van der Waals surface area contributed by atoms with Crippen LogP contribution in [0.25, 0.3) is 0 Å². The predicted octanol–water partition coefficient (Wildman–Crippen LogP) is 1.04. The van der Waals surface area contributed by atoms with Gasteiger partial charge in [-0.2, -0.15) is 0 Å². The maximum atomic E-state index is 11.2. The molecule has 1 amide bonds. The zero-order valence-electron chi connectivity index (χ0n) is 10.5. The molecule has 0 radical (unpaired) electrons. The summed E-state index contributed by atoms with van der Waals surface area (Å²) < 4.78 is 0. The molecule has 3 rings (SSSR count). The van der Waals surface area contributed by atoms with Crippen LogP contribution in [0.4, 0.5) is 5.69 Å². The lowest BCUT2D eigenvalue weighted by Crippen LogP contribution is -2.53. The smallest absolute Gasteiger partial charge is 0.221 e. The SMILES string of the molecule is O=C1CC[C@@H](N2CCN(c3ccccc3)CC2)N1. The fourth-order valence-electron chi connectivity index (χ4n) is 2.80. The molecular weight excluding hydrogens is 226 g/mol. The maximum Gasteiger partial charge on any atom is 0.221 e. The van der Waals surface area contributed by atoms with E-state index in [1.54, 1.807) is 0 Å². The van der Waals surface area contributed by atoms with Crippen molar-refractivity contribution in [3.63, 3.8) is 0 Å². The number of carbonyl (C=O) groups is 1. The lowest BCUT2D eigenvalue weighted by atomic mass is 10.2. The van der Waals surface area contributed by atoms with E-state index >= 15 is 0 Å². The van der Waals surface area contributed by atoms with Crippen molar-refractivity contribution < 1.29 is 4.79 Å². The molecule has 0 spiro atoms. The zero-order chi connectivity index (χ0) is 12.4. The van der Waals surface area contributed by atoms with E-state index in [1.165, 1.54) is 5.69 Å². The maximum absolute atomic E-state index is 11.2. The third kappa shape index (κ3) is 2.34. The highest BCUT2D eigenvalue weighted by atomic mass is 16.2. The monoisotopic (exact) mass is 245 g/mol. The molecule has 0 aliphatic carbocycles. The first-order valence-corrected chi connectivity index (χ1v) is 6.66. The molecule has 0 unspecified atom stereocenters. The molecular formula is C14H19N3O. The lowest BCUT2D eigenvalue weighted by molar-refractivity contribution is -0.119. The van der Waals surface area contributed by atoms with Crippen LogP contribution >= 0.6 is 0 Å². The van der Waals surface area contributed by atoms with Crippen LogP contribution in [0.5, 0.6) is 0 Å². The van der Waals surface area contributed by atoms with Crippen molar-refractivity contribution in [3.05, 3.63) is 30.3 Å². The quantitative estimate of drug-likeness (QED) is 0.846. The van der Waals surface area contributed by atoms with Gasteiger partial charge >= 0.3 is 0 Å². The van der Waals surface area contributed by atoms with Crippen molar-refractivity contribution >= 4 is 11.6 Å². The van der Waals surface area contributed by atoms with Gasteiger partial charge in [-0.3, -0.25) is 9.69 Å².